The van der Waals surface area contributed by atoms with Crippen LogP contribution in [0.3, 0.4) is 0 Å². The van der Waals surface area contributed by atoms with Gasteiger partial charge < -0.3 is 5.32 Å². The normalized spacial score (nSPS) is 10.7. The molecule has 1 aromatic carbocycles. The van der Waals surface area contributed by atoms with Crippen LogP contribution in [-0.4, -0.2) is 26.3 Å². The Bertz CT molecular complexity index is 810. The first-order valence-electron chi connectivity index (χ1n) is 6.77. The maximum atomic E-state index is 12.3. The van der Waals surface area contributed by atoms with Crippen LogP contribution >= 0.6 is 0 Å². The van der Waals surface area contributed by atoms with Crippen LogP contribution in [0.5, 0.6) is 0 Å². The van der Waals surface area contributed by atoms with E-state index in [9.17, 15) is 4.79 Å². The molecule has 0 atom stereocenters. The molecule has 0 unspecified atom stereocenters. The van der Waals surface area contributed by atoms with Crippen LogP contribution in [0, 0.1) is 0 Å². The quantitative estimate of drug-likeness (QED) is 0.787. The molecule has 6 heteroatoms. The van der Waals surface area contributed by atoms with Crippen molar-refractivity contribution in [2.75, 3.05) is 11.9 Å². The van der Waals surface area contributed by atoms with E-state index < -0.39 is 0 Å². The fourth-order valence-electron chi connectivity index (χ4n) is 2.10. The summed E-state index contributed by atoms with van der Waals surface area (Å²) in [6.07, 6.45) is 5.00. The molecule has 0 radical (unpaired) electrons. The number of aromatic nitrogens is 4. The number of benzene rings is 1. The maximum Gasteiger partial charge on any atom is 0.274 e. The van der Waals surface area contributed by atoms with Crippen molar-refractivity contribution in [1.29, 1.82) is 0 Å². The number of rotatable bonds is 4. The van der Waals surface area contributed by atoms with E-state index in [-0.39, 0.29) is 5.56 Å². The van der Waals surface area contributed by atoms with Gasteiger partial charge in [0.05, 0.1) is 36.2 Å². The highest BCUT2D eigenvalue weighted by atomic mass is 16.1. The molecular formula is C15H15N5O. The van der Waals surface area contributed by atoms with Crippen LogP contribution in [0.15, 0.2) is 47.7 Å². The van der Waals surface area contributed by atoms with E-state index in [0.29, 0.717) is 17.6 Å². The highest BCUT2D eigenvalue weighted by molar-refractivity contribution is 5.80. The van der Waals surface area contributed by atoms with Crippen molar-refractivity contribution in [2.45, 2.75) is 13.5 Å². The van der Waals surface area contributed by atoms with Crippen molar-refractivity contribution in [2.24, 2.45) is 0 Å². The van der Waals surface area contributed by atoms with Crippen molar-refractivity contribution in [1.82, 2.24) is 19.7 Å². The van der Waals surface area contributed by atoms with E-state index in [1.807, 2.05) is 25.1 Å². The minimum Gasteiger partial charge on any atom is -0.369 e. The predicted molar refractivity (Wildman–Crippen MR) is 81.3 cm³/mol. The molecule has 0 saturated carbocycles. The van der Waals surface area contributed by atoms with Gasteiger partial charge in [-0.15, -0.1) is 0 Å². The maximum absolute atomic E-state index is 12.3. The Labute approximate surface area is 121 Å². The Kier molecular flexibility index (Phi) is 3.59. The number of hydrogen-bond donors (Lipinski definition) is 1. The third-order valence-corrected chi connectivity index (χ3v) is 3.14. The molecule has 0 fully saturated rings. The SMILES string of the molecule is CCNc1cnc(Cn2ncc3ccccc3c2=O)cn1. The molecule has 3 rings (SSSR count). The van der Waals surface area contributed by atoms with Gasteiger partial charge in [0.15, 0.2) is 0 Å². The van der Waals surface area contributed by atoms with E-state index in [4.69, 9.17) is 0 Å². The zero-order valence-electron chi connectivity index (χ0n) is 11.7. The summed E-state index contributed by atoms with van der Waals surface area (Å²) in [5.74, 6) is 0.722. The molecule has 0 aliphatic carbocycles. The molecule has 0 aliphatic rings. The van der Waals surface area contributed by atoms with Crippen LogP contribution in [-0.2, 0) is 6.54 Å². The van der Waals surface area contributed by atoms with Gasteiger partial charge in [0.1, 0.15) is 5.82 Å². The van der Waals surface area contributed by atoms with Gasteiger partial charge in [-0.25, -0.2) is 9.67 Å². The number of fused-ring (bicyclic) bond motifs is 1. The van der Waals surface area contributed by atoms with Gasteiger partial charge in [-0.3, -0.25) is 9.78 Å². The minimum atomic E-state index is -0.120. The van der Waals surface area contributed by atoms with E-state index in [0.717, 1.165) is 17.7 Å². The van der Waals surface area contributed by atoms with Crippen molar-refractivity contribution < 1.29 is 0 Å². The van der Waals surface area contributed by atoms with Gasteiger partial charge in [0, 0.05) is 11.9 Å². The molecule has 0 saturated heterocycles. The molecule has 0 bridgehead atoms. The number of nitrogens with zero attached hydrogens (tertiary/aromatic N) is 4. The number of nitrogens with one attached hydrogen (secondary N) is 1. The first-order chi connectivity index (χ1) is 10.3. The topological polar surface area (TPSA) is 72.7 Å². The summed E-state index contributed by atoms with van der Waals surface area (Å²) in [6, 6.07) is 7.41. The zero-order chi connectivity index (χ0) is 14.7. The van der Waals surface area contributed by atoms with Crippen LogP contribution in [0.25, 0.3) is 10.8 Å². The summed E-state index contributed by atoms with van der Waals surface area (Å²) in [4.78, 5) is 20.9. The third kappa shape index (κ3) is 2.74. The predicted octanol–water partition coefficient (Wildman–Crippen LogP) is 1.67. The minimum absolute atomic E-state index is 0.120. The Morgan fingerprint density at radius 3 is 2.76 bits per heavy atom. The lowest BCUT2D eigenvalue weighted by molar-refractivity contribution is 0.633. The van der Waals surface area contributed by atoms with Crippen molar-refractivity contribution in [3.63, 3.8) is 0 Å². The Balaban J connectivity index is 1.91. The Hall–Kier alpha value is -2.76. The van der Waals surface area contributed by atoms with Crippen molar-refractivity contribution in [3.05, 3.63) is 58.9 Å². The summed E-state index contributed by atoms with van der Waals surface area (Å²) in [7, 11) is 0. The van der Waals surface area contributed by atoms with Crippen LogP contribution in [0.4, 0.5) is 5.82 Å². The molecular weight excluding hydrogens is 266 g/mol. The highest BCUT2D eigenvalue weighted by Gasteiger charge is 2.05. The molecule has 21 heavy (non-hydrogen) atoms. The summed E-state index contributed by atoms with van der Waals surface area (Å²) >= 11 is 0. The molecule has 0 amide bonds. The van der Waals surface area contributed by atoms with Gasteiger partial charge in [-0.2, -0.15) is 5.10 Å². The zero-order valence-corrected chi connectivity index (χ0v) is 11.7. The molecule has 6 nitrogen and oxygen atoms in total. The molecule has 0 spiro atoms. The third-order valence-electron chi connectivity index (χ3n) is 3.14. The lowest BCUT2D eigenvalue weighted by atomic mass is 10.2. The lowest BCUT2D eigenvalue weighted by Gasteiger charge is -2.06. The average molecular weight is 281 g/mol. The fraction of sp³-hybridized carbons (Fsp3) is 0.200. The summed E-state index contributed by atoms with van der Waals surface area (Å²) in [6.45, 7) is 3.09. The summed E-state index contributed by atoms with van der Waals surface area (Å²) in [5, 5.41) is 8.75. The van der Waals surface area contributed by atoms with Crippen LogP contribution in [0.2, 0.25) is 0 Å². The van der Waals surface area contributed by atoms with Crippen molar-refractivity contribution in [3.8, 4) is 0 Å². The number of hydrogen-bond acceptors (Lipinski definition) is 5. The monoisotopic (exact) mass is 281 g/mol. The first kappa shape index (κ1) is 13.2. The summed E-state index contributed by atoms with van der Waals surface area (Å²) in [5.41, 5.74) is 0.576. The van der Waals surface area contributed by atoms with E-state index in [1.54, 1.807) is 24.7 Å². The molecule has 106 valence electrons. The van der Waals surface area contributed by atoms with Gasteiger partial charge >= 0.3 is 0 Å². The molecule has 1 N–H and O–H groups in total. The second kappa shape index (κ2) is 5.70. The van der Waals surface area contributed by atoms with Crippen molar-refractivity contribution >= 4 is 16.6 Å². The Morgan fingerprint density at radius 1 is 1.14 bits per heavy atom. The summed E-state index contributed by atoms with van der Waals surface area (Å²) < 4.78 is 1.40. The lowest BCUT2D eigenvalue weighted by Crippen LogP contribution is -2.23. The Morgan fingerprint density at radius 2 is 2.00 bits per heavy atom. The van der Waals surface area contributed by atoms with E-state index >= 15 is 0 Å². The molecule has 0 aliphatic heterocycles. The smallest absolute Gasteiger partial charge is 0.274 e. The average Bonchev–Trinajstić information content (AvgIpc) is 2.52. The van der Waals surface area contributed by atoms with Crippen LogP contribution in [0.1, 0.15) is 12.6 Å². The van der Waals surface area contributed by atoms with E-state index in [2.05, 4.69) is 20.4 Å². The second-order valence-corrected chi connectivity index (χ2v) is 4.62. The van der Waals surface area contributed by atoms with Gasteiger partial charge in [0.2, 0.25) is 0 Å². The van der Waals surface area contributed by atoms with Gasteiger partial charge in [0.25, 0.3) is 5.56 Å². The molecule has 3 aromatic rings. The van der Waals surface area contributed by atoms with E-state index in [1.165, 1.54) is 4.68 Å². The van der Waals surface area contributed by atoms with Gasteiger partial charge in [-0.05, 0) is 13.0 Å². The fourth-order valence-corrected chi connectivity index (χ4v) is 2.10. The standard InChI is InChI=1S/C15H15N5O/c1-2-16-14-9-17-12(8-18-14)10-20-15(21)13-6-4-3-5-11(13)7-19-20/h3-9H,2,10H2,1H3,(H,16,18). The van der Waals surface area contributed by atoms with Gasteiger partial charge in [-0.1, -0.05) is 18.2 Å². The molecule has 2 heterocycles. The largest absolute Gasteiger partial charge is 0.369 e. The molecule has 2 aromatic heterocycles. The second-order valence-electron chi connectivity index (χ2n) is 4.62. The first-order valence-corrected chi connectivity index (χ1v) is 6.77. The highest BCUT2D eigenvalue weighted by Crippen LogP contribution is 2.07. The van der Waals surface area contributed by atoms with Crippen LogP contribution < -0.4 is 10.9 Å². The number of anilines is 1.